The lowest BCUT2D eigenvalue weighted by Gasteiger charge is -2.01. The van der Waals surface area contributed by atoms with E-state index in [9.17, 15) is 10.1 Å². The van der Waals surface area contributed by atoms with E-state index in [1.54, 1.807) is 12.1 Å². The number of fused-ring (bicyclic) bond motifs is 1. The Hall–Kier alpha value is -3.66. The van der Waals surface area contributed by atoms with E-state index in [-0.39, 0.29) is 5.69 Å². The van der Waals surface area contributed by atoms with Crippen LogP contribution in [0.15, 0.2) is 46.9 Å². The van der Waals surface area contributed by atoms with Gasteiger partial charge < -0.3 is 9.40 Å². The predicted molar refractivity (Wildman–Crippen MR) is 89.8 cm³/mol. The van der Waals surface area contributed by atoms with Gasteiger partial charge in [0.2, 0.25) is 5.78 Å². The monoisotopic (exact) mass is 331 g/mol. The number of ketones is 1. The molecule has 0 saturated carbocycles. The normalized spacial score (nSPS) is 12.2. The number of nitrogens with one attached hydrogen (secondary N) is 2. The van der Waals surface area contributed by atoms with Crippen molar-refractivity contribution in [1.82, 2.24) is 20.2 Å². The summed E-state index contributed by atoms with van der Waals surface area (Å²) in [4.78, 5) is 20.1. The Labute approximate surface area is 142 Å². The van der Waals surface area contributed by atoms with E-state index in [0.29, 0.717) is 22.8 Å². The smallest absolute Gasteiger partial charge is 0.207 e. The minimum Gasteiger partial charge on any atom is -0.460 e. The third kappa shape index (κ3) is 2.60. The van der Waals surface area contributed by atoms with Gasteiger partial charge in [-0.2, -0.15) is 10.4 Å². The maximum atomic E-state index is 12.7. The van der Waals surface area contributed by atoms with Crippen LogP contribution in [0.25, 0.3) is 22.5 Å². The molecule has 7 heteroatoms. The number of nitrogens with zero attached hydrogens (tertiary/aromatic N) is 3. The first kappa shape index (κ1) is 14.9. The van der Waals surface area contributed by atoms with Gasteiger partial charge in [0.25, 0.3) is 0 Å². The largest absolute Gasteiger partial charge is 0.460 e. The number of benzene rings is 1. The third-order valence-electron chi connectivity index (χ3n) is 3.91. The van der Waals surface area contributed by atoms with E-state index in [1.807, 2.05) is 43.3 Å². The van der Waals surface area contributed by atoms with E-state index in [0.717, 1.165) is 11.3 Å². The lowest BCUT2D eigenvalue weighted by atomic mass is 10.0. The molecule has 1 atom stereocenters. The summed E-state index contributed by atoms with van der Waals surface area (Å²) in [6.07, 6.45) is 0. The molecule has 0 radical (unpaired) electrons. The molecule has 0 aliphatic heterocycles. The van der Waals surface area contributed by atoms with E-state index < -0.39 is 11.7 Å². The number of carbonyl (C=O) groups excluding carboxylic acids is 1. The highest BCUT2D eigenvalue weighted by Crippen LogP contribution is 2.24. The average Bonchev–Trinajstić information content (AvgIpc) is 3.33. The van der Waals surface area contributed by atoms with Crippen LogP contribution in [0.3, 0.4) is 0 Å². The number of H-pyrrole nitrogens is 2. The van der Waals surface area contributed by atoms with Crippen LogP contribution in [0.4, 0.5) is 0 Å². The zero-order valence-electron chi connectivity index (χ0n) is 13.3. The minimum atomic E-state index is -1.05. The summed E-state index contributed by atoms with van der Waals surface area (Å²) in [5.41, 5.74) is 2.23. The van der Waals surface area contributed by atoms with Crippen LogP contribution >= 0.6 is 0 Å². The van der Waals surface area contributed by atoms with E-state index in [4.69, 9.17) is 4.42 Å². The summed E-state index contributed by atoms with van der Waals surface area (Å²) in [7, 11) is 0. The van der Waals surface area contributed by atoms with E-state index in [1.165, 1.54) is 0 Å². The van der Waals surface area contributed by atoms with Crippen molar-refractivity contribution in [2.45, 2.75) is 12.8 Å². The average molecular weight is 331 g/mol. The zero-order valence-corrected chi connectivity index (χ0v) is 13.3. The molecule has 0 fully saturated rings. The Morgan fingerprint density at radius 1 is 1.28 bits per heavy atom. The molecule has 122 valence electrons. The molecule has 0 aliphatic rings. The van der Waals surface area contributed by atoms with Crippen molar-refractivity contribution in [2.24, 2.45) is 0 Å². The van der Waals surface area contributed by atoms with Crippen LogP contribution in [-0.4, -0.2) is 25.9 Å². The lowest BCUT2D eigenvalue weighted by molar-refractivity contribution is 0.0971. The first-order valence-electron chi connectivity index (χ1n) is 7.66. The van der Waals surface area contributed by atoms with Crippen molar-refractivity contribution in [3.05, 3.63) is 59.7 Å². The molecule has 4 rings (SSSR count). The van der Waals surface area contributed by atoms with E-state index >= 15 is 0 Å². The number of furan rings is 1. The summed E-state index contributed by atoms with van der Waals surface area (Å²) in [6.45, 7) is 1.83. The van der Waals surface area contributed by atoms with Gasteiger partial charge in [-0.1, -0.05) is 12.1 Å². The zero-order chi connectivity index (χ0) is 17.4. The SMILES string of the molecule is Cc1ccc(-c2cc(C(=O)[C@H](C#N)c3nc4ccccc4[nH]3)n[nH]2)o1. The fourth-order valence-corrected chi connectivity index (χ4v) is 2.65. The molecular formula is C18H13N5O2. The number of aromatic amines is 2. The number of aryl methyl sites for hydroxylation is 1. The molecule has 2 N–H and O–H groups in total. The first-order chi connectivity index (χ1) is 12.2. The fourth-order valence-electron chi connectivity index (χ4n) is 2.65. The number of carbonyl (C=O) groups is 1. The number of hydrogen-bond donors (Lipinski definition) is 2. The van der Waals surface area contributed by atoms with Crippen LogP contribution in [0.5, 0.6) is 0 Å². The van der Waals surface area contributed by atoms with Gasteiger partial charge >= 0.3 is 0 Å². The molecule has 0 bridgehead atoms. The molecule has 25 heavy (non-hydrogen) atoms. The van der Waals surface area contributed by atoms with Crippen LogP contribution in [0.2, 0.25) is 0 Å². The highest BCUT2D eigenvalue weighted by atomic mass is 16.3. The Morgan fingerprint density at radius 3 is 2.84 bits per heavy atom. The van der Waals surface area contributed by atoms with Crippen molar-refractivity contribution in [3.63, 3.8) is 0 Å². The maximum absolute atomic E-state index is 12.7. The summed E-state index contributed by atoms with van der Waals surface area (Å²) < 4.78 is 5.51. The molecule has 0 spiro atoms. The number of rotatable bonds is 4. The van der Waals surface area contributed by atoms with Gasteiger partial charge in [0.1, 0.15) is 23.0 Å². The van der Waals surface area contributed by atoms with Gasteiger partial charge in [-0.05, 0) is 37.3 Å². The maximum Gasteiger partial charge on any atom is 0.207 e. The van der Waals surface area contributed by atoms with Crippen LogP contribution < -0.4 is 0 Å². The molecule has 0 amide bonds. The molecule has 0 unspecified atom stereocenters. The number of para-hydroxylation sites is 2. The molecule has 4 aromatic rings. The van der Waals surface area contributed by atoms with Crippen molar-refractivity contribution >= 4 is 16.8 Å². The second-order valence-corrected chi connectivity index (χ2v) is 5.64. The molecule has 3 heterocycles. The van der Waals surface area contributed by atoms with Gasteiger partial charge in [-0.15, -0.1) is 0 Å². The topological polar surface area (TPSA) is 111 Å². The highest BCUT2D eigenvalue weighted by molar-refractivity contribution is 6.01. The second kappa shape index (κ2) is 5.76. The van der Waals surface area contributed by atoms with Gasteiger partial charge in [0.15, 0.2) is 11.7 Å². The van der Waals surface area contributed by atoms with Crippen molar-refractivity contribution in [2.75, 3.05) is 0 Å². The second-order valence-electron chi connectivity index (χ2n) is 5.64. The van der Waals surface area contributed by atoms with Crippen LogP contribution in [0, 0.1) is 18.3 Å². The third-order valence-corrected chi connectivity index (χ3v) is 3.91. The number of hydrogen-bond acceptors (Lipinski definition) is 5. The fraction of sp³-hybridized carbons (Fsp3) is 0.111. The Balaban J connectivity index is 1.66. The summed E-state index contributed by atoms with van der Waals surface area (Å²) in [6, 6.07) is 14.6. The van der Waals surface area contributed by atoms with Crippen LogP contribution in [0.1, 0.15) is 28.0 Å². The molecule has 0 aliphatic carbocycles. The van der Waals surface area contributed by atoms with E-state index in [2.05, 4.69) is 20.2 Å². The van der Waals surface area contributed by atoms with Gasteiger partial charge in [-0.25, -0.2) is 4.98 Å². The van der Waals surface area contributed by atoms with Gasteiger partial charge in [-0.3, -0.25) is 9.89 Å². The first-order valence-corrected chi connectivity index (χ1v) is 7.66. The number of Topliss-reactive ketones (excluding diaryl/α,β-unsaturated/α-hetero) is 1. The molecule has 7 nitrogen and oxygen atoms in total. The van der Waals surface area contributed by atoms with Crippen molar-refractivity contribution < 1.29 is 9.21 Å². The summed E-state index contributed by atoms with van der Waals surface area (Å²) in [5.74, 6) is 0.178. The van der Waals surface area contributed by atoms with Crippen molar-refractivity contribution in [3.8, 4) is 17.5 Å². The summed E-state index contributed by atoms with van der Waals surface area (Å²) in [5, 5.41) is 16.3. The summed E-state index contributed by atoms with van der Waals surface area (Å²) >= 11 is 0. The standard InChI is InChI=1S/C18H13N5O2/c1-10-6-7-16(25-10)14-8-15(23-22-14)17(24)11(9-19)18-20-12-4-2-3-5-13(12)21-18/h2-8,11H,1H3,(H,20,21)(H,22,23)/t11-/m0/s1. The Morgan fingerprint density at radius 2 is 2.12 bits per heavy atom. The predicted octanol–water partition coefficient (Wildman–Crippen LogP) is 3.34. The molecule has 1 aromatic carbocycles. The highest BCUT2D eigenvalue weighted by Gasteiger charge is 2.27. The molecule has 0 saturated heterocycles. The van der Waals surface area contributed by atoms with Crippen molar-refractivity contribution in [1.29, 1.82) is 5.26 Å². The quantitative estimate of drug-likeness (QED) is 0.557. The Kier molecular flexibility index (Phi) is 3.43. The Bertz CT molecular complexity index is 1080. The number of imidazole rings is 1. The molecule has 3 aromatic heterocycles. The molecular weight excluding hydrogens is 318 g/mol. The number of nitriles is 1. The van der Waals surface area contributed by atoms with Crippen LogP contribution in [-0.2, 0) is 0 Å². The number of aromatic nitrogens is 4. The minimum absolute atomic E-state index is 0.163. The van der Waals surface area contributed by atoms with Gasteiger partial charge in [0, 0.05) is 0 Å². The van der Waals surface area contributed by atoms with Gasteiger partial charge in [0.05, 0.1) is 17.1 Å². The lowest BCUT2D eigenvalue weighted by Crippen LogP contribution is -2.13.